The van der Waals surface area contributed by atoms with Crippen LogP contribution in [-0.4, -0.2) is 39.6 Å². The first kappa shape index (κ1) is 25.6. The summed E-state index contributed by atoms with van der Waals surface area (Å²) in [5.41, 5.74) is -0.0927. The van der Waals surface area contributed by atoms with E-state index in [1.165, 1.54) is 0 Å². The molecule has 1 saturated carbocycles. The molecule has 6 heteroatoms. The van der Waals surface area contributed by atoms with Gasteiger partial charge in [0.1, 0.15) is 0 Å². The van der Waals surface area contributed by atoms with Crippen LogP contribution in [0.25, 0.3) is 0 Å². The molecule has 0 bridgehead atoms. The summed E-state index contributed by atoms with van der Waals surface area (Å²) in [5.74, 6) is -0.323. The van der Waals surface area contributed by atoms with Gasteiger partial charge in [0.15, 0.2) is 0 Å². The molecule has 1 rings (SSSR count). The van der Waals surface area contributed by atoms with Gasteiger partial charge in [0.2, 0.25) is 0 Å². The summed E-state index contributed by atoms with van der Waals surface area (Å²) in [6.07, 6.45) is 11.4. The Balaban J connectivity index is 2.48. The highest BCUT2D eigenvalue weighted by Gasteiger charge is 2.42. The maximum absolute atomic E-state index is 10.5. The number of hydrogen-bond acceptors (Lipinski definition) is 4. The molecule has 0 aromatic rings. The molecule has 28 heavy (non-hydrogen) atoms. The quantitative estimate of drug-likeness (QED) is 0.217. The van der Waals surface area contributed by atoms with Crippen molar-refractivity contribution in [1.82, 2.24) is 0 Å². The van der Waals surface area contributed by atoms with E-state index in [0.717, 1.165) is 51.4 Å². The van der Waals surface area contributed by atoms with Gasteiger partial charge in [-0.25, -0.2) is 0 Å². The zero-order valence-electron chi connectivity index (χ0n) is 17.8. The molecule has 1 aliphatic carbocycles. The second-order valence-electron chi connectivity index (χ2n) is 8.94. The van der Waals surface area contributed by atoms with Crippen LogP contribution in [-0.2, 0) is 9.32 Å². The highest BCUT2D eigenvalue weighted by molar-refractivity contribution is 7.09. The van der Waals surface area contributed by atoms with Crippen LogP contribution in [0.4, 0.5) is 0 Å². The van der Waals surface area contributed by atoms with Crippen molar-refractivity contribution >= 4 is 15.4 Å². The molecule has 6 unspecified atom stereocenters. The lowest BCUT2D eigenvalue weighted by atomic mass is 9.78. The summed E-state index contributed by atoms with van der Waals surface area (Å²) in [6, 6.07) is 0. The predicted octanol–water partition coefficient (Wildman–Crippen LogP) is 4.72. The Labute approximate surface area is 173 Å². The minimum Gasteiger partial charge on any atom is -0.481 e. The summed E-state index contributed by atoms with van der Waals surface area (Å²) < 4.78 is 5.56. The zero-order valence-corrected chi connectivity index (χ0v) is 19.0. The van der Waals surface area contributed by atoms with Crippen LogP contribution in [0.5, 0.6) is 0 Å². The number of aliphatic hydroxyl groups excluding tert-OH is 2. The fourth-order valence-electron chi connectivity index (χ4n) is 4.10. The van der Waals surface area contributed by atoms with Gasteiger partial charge in [-0.15, -0.1) is 0 Å². The summed E-state index contributed by atoms with van der Waals surface area (Å²) in [5, 5.41) is 29.7. The molecular formula is C22H41O5P. The lowest BCUT2D eigenvalue weighted by Gasteiger charge is -2.31. The number of unbranched alkanes of at least 4 members (excludes halogenated alkanes) is 3. The van der Waals surface area contributed by atoms with E-state index in [2.05, 4.69) is 42.4 Å². The van der Waals surface area contributed by atoms with Crippen LogP contribution in [0.1, 0.15) is 85.0 Å². The minimum atomic E-state index is -0.727. The molecule has 1 aliphatic rings. The molecule has 0 radical (unpaired) electrons. The zero-order chi connectivity index (χ0) is 21.2. The number of carbonyl (C=O) groups is 1. The largest absolute Gasteiger partial charge is 0.481 e. The number of aliphatic hydroxyl groups is 2. The first-order valence-electron chi connectivity index (χ1n) is 10.8. The minimum absolute atomic E-state index is 0.0198. The first-order chi connectivity index (χ1) is 13.2. The van der Waals surface area contributed by atoms with Crippen molar-refractivity contribution in [3.63, 3.8) is 0 Å². The van der Waals surface area contributed by atoms with Gasteiger partial charge < -0.3 is 19.8 Å². The van der Waals surface area contributed by atoms with Gasteiger partial charge in [0.05, 0.1) is 18.3 Å². The SMILES string of the molecule is CCC(C)(C)C(O)CCC1C(OP)CC(O)C1C/C=C/CCCCCC(=O)O. The Kier molecular flexibility index (Phi) is 11.8. The van der Waals surface area contributed by atoms with Crippen molar-refractivity contribution in [2.24, 2.45) is 17.3 Å². The summed E-state index contributed by atoms with van der Waals surface area (Å²) in [7, 11) is 2.34. The smallest absolute Gasteiger partial charge is 0.303 e. The highest BCUT2D eigenvalue weighted by atomic mass is 31.0. The van der Waals surface area contributed by atoms with Crippen LogP contribution in [0, 0.1) is 17.3 Å². The van der Waals surface area contributed by atoms with E-state index >= 15 is 0 Å². The Morgan fingerprint density at radius 1 is 1.25 bits per heavy atom. The molecule has 0 aliphatic heterocycles. The Hall–Kier alpha value is -0.480. The Bertz CT molecular complexity index is 480. The normalized spacial score (nSPS) is 26.8. The number of carboxylic acid groups (broad SMARTS) is 1. The molecule has 6 atom stereocenters. The van der Waals surface area contributed by atoms with E-state index in [1.807, 2.05) is 0 Å². The average molecular weight is 417 g/mol. The van der Waals surface area contributed by atoms with E-state index in [-0.39, 0.29) is 42.0 Å². The van der Waals surface area contributed by atoms with Gasteiger partial charge >= 0.3 is 5.97 Å². The molecular weight excluding hydrogens is 375 g/mol. The number of hydrogen-bond donors (Lipinski definition) is 3. The maximum atomic E-state index is 10.5. The van der Waals surface area contributed by atoms with Gasteiger partial charge in [-0.1, -0.05) is 39.3 Å². The van der Waals surface area contributed by atoms with Gasteiger partial charge in [-0.2, -0.15) is 0 Å². The molecule has 0 amide bonds. The van der Waals surface area contributed by atoms with E-state index in [0.29, 0.717) is 6.42 Å². The van der Waals surface area contributed by atoms with E-state index < -0.39 is 5.97 Å². The molecule has 0 heterocycles. The van der Waals surface area contributed by atoms with Crippen molar-refractivity contribution in [3.05, 3.63) is 12.2 Å². The molecule has 0 spiro atoms. The second kappa shape index (κ2) is 13.0. The monoisotopic (exact) mass is 416 g/mol. The van der Waals surface area contributed by atoms with Crippen LogP contribution < -0.4 is 0 Å². The third-order valence-corrected chi connectivity index (χ3v) is 6.94. The van der Waals surface area contributed by atoms with Crippen molar-refractivity contribution in [2.75, 3.05) is 0 Å². The fraction of sp³-hybridized carbons (Fsp3) is 0.864. The molecule has 0 saturated heterocycles. The molecule has 5 nitrogen and oxygen atoms in total. The van der Waals surface area contributed by atoms with Crippen molar-refractivity contribution in [3.8, 4) is 0 Å². The number of rotatable bonds is 14. The van der Waals surface area contributed by atoms with Crippen LogP contribution in [0.15, 0.2) is 12.2 Å². The number of carboxylic acids is 1. The highest BCUT2D eigenvalue weighted by Crippen LogP contribution is 2.42. The first-order valence-corrected chi connectivity index (χ1v) is 11.3. The standard InChI is InChI=1S/C22H41O5P/c1-4-22(2,3)20(24)14-13-17-16(18(23)15-19(17)27-28)11-9-7-5-6-8-10-12-21(25)26/h7,9,16-20,23-24H,4-6,8,10-15,28H2,1-3H3,(H,25,26)/b9-7+. The molecule has 0 aromatic carbocycles. The van der Waals surface area contributed by atoms with Crippen molar-refractivity contribution in [1.29, 1.82) is 0 Å². The number of aliphatic carboxylic acids is 1. The van der Waals surface area contributed by atoms with Crippen molar-refractivity contribution in [2.45, 2.75) is 103 Å². The van der Waals surface area contributed by atoms with Crippen LogP contribution in [0.3, 0.4) is 0 Å². The Morgan fingerprint density at radius 2 is 1.96 bits per heavy atom. The lowest BCUT2D eigenvalue weighted by molar-refractivity contribution is -0.137. The van der Waals surface area contributed by atoms with E-state index in [4.69, 9.17) is 9.63 Å². The van der Waals surface area contributed by atoms with Gasteiger partial charge in [0.25, 0.3) is 0 Å². The molecule has 1 fully saturated rings. The van der Waals surface area contributed by atoms with Gasteiger partial charge in [-0.3, -0.25) is 4.79 Å². The molecule has 164 valence electrons. The predicted molar refractivity (Wildman–Crippen MR) is 116 cm³/mol. The third-order valence-electron chi connectivity index (χ3n) is 6.59. The topological polar surface area (TPSA) is 87.0 Å². The maximum Gasteiger partial charge on any atom is 0.303 e. The van der Waals surface area contributed by atoms with Crippen molar-refractivity contribution < 1.29 is 24.6 Å². The average Bonchev–Trinajstić information content (AvgIpc) is 2.96. The summed E-state index contributed by atoms with van der Waals surface area (Å²) >= 11 is 0. The molecule has 0 aromatic heterocycles. The second-order valence-corrected chi connectivity index (χ2v) is 9.21. The third kappa shape index (κ3) is 8.49. The van der Waals surface area contributed by atoms with Crippen LogP contribution in [0.2, 0.25) is 0 Å². The Morgan fingerprint density at radius 3 is 2.57 bits per heavy atom. The van der Waals surface area contributed by atoms with E-state index in [9.17, 15) is 15.0 Å². The fourth-order valence-corrected chi connectivity index (χ4v) is 4.41. The van der Waals surface area contributed by atoms with Gasteiger partial charge in [-0.05, 0) is 62.2 Å². The lowest BCUT2D eigenvalue weighted by Crippen LogP contribution is -2.31. The molecule has 3 N–H and O–H groups in total. The van der Waals surface area contributed by atoms with Gasteiger partial charge in [0, 0.05) is 22.3 Å². The summed E-state index contributed by atoms with van der Waals surface area (Å²) in [6.45, 7) is 6.30. The number of allylic oxidation sites excluding steroid dienone is 2. The summed E-state index contributed by atoms with van der Waals surface area (Å²) in [4.78, 5) is 10.5. The van der Waals surface area contributed by atoms with E-state index in [1.54, 1.807) is 0 Å². The van der Waals surface area contributed by atoms with Crippen LogP contribution >= 0.6 is 9.47 Å².